The van der Waals surface area contributed by atoms with Crippen molar-refractivity contribution in [1.82, 2.24) is 4.98 Å². The van der Waals surface area contributed by atoms with E-state index in [9.17, 15) is 0 Å². The lowest BCUT2D eigenvalue weighted by atomic mass is 10.2. The summed E-state index contributed by atoms with van der Waals surface area (Å²) in [5.74, 6) is 0.486. The Morgan fingerprint density at radius 3 is 2.53 bits per heavy atom. The monoisotopic (exact) mass is 224 g/mol. The zero-order chi connectivity index (χ0) is 12.3. The van der Waals surface area contributed by atoms with Crippen molar-refractivity contribution in [2.45, 2.75) is 0 Å². The number of nitriles is 1. The summed E-state index contributed by atoms with van der Waals surface area (Å²) in [6, 6.07) is 13.1. The van der Waals surface area contributed by atoms with Crippen LogP contribution in [-0.4, -0.2) is 12.0 Å². The van der Waals surface area contributed by atoms with Gasteiger partial charge >= 0.3 is 0 Å². The zero-order valence-electron chi connectivity index (χ0n) is 9.46. The molecule has 4 nitrogen and oxygen atoms in total. The minimum absolute atomic E-state index is 0.486. The third-order valence-corrected chi connectivity index (χ3v) is 2.56. The van der Waals surface area contributed by atoms with E-state index in [-0.39, 0.29) is 0 Å². The van der Waals surface area contributed by atoms with Gasteiger partial charge in [0.2, 0.25) is 0 Å². The fourth-order valence-corrected chi connectivity index (χ4v) is 1.59. The van der Waals surface area contributed by atoms with E-state index in [1.165, 1.54) is 0 Å². The molecule has 1 aromatic carbocycles. The van der Waals surface area contributed by atoms with Crippen LogP contribution in [0.15, 0.2) is 42.6 Å². The van der Waals surface area contributed by atoms with Crippen molar-refractivity contribution in [3.8, 4) is 6.07 Å². The SMILES string of the molecule is CN(c1ccc(C#N)cc1)c1cccnc1N. The van der Waals surface area contributed by atoms with Crippen LogP contribution in [0.2, 0.25) is 0 Å². The largest absolute Gasteiger partial charge is 0.382 e. The van der Waals surface area contributed by atoms with E-state index >= 15 is 0 Å². The van der Waals surface area contributed by atoms with Gasteiger partial charge in [-0.25, -0.2) is 4.98 Å². The molecule has 84 valence electrons. The van der Waals surface area contributed by atoms with Gasteiger partial charge in [-0.05, 0) is 36.4 Å². The topological polar surface area (TPSA) is 65.9 Å². The van der Waals surface area contributed by atoms with Gasteiger partial charge in [-0.15, -0.1) is 0 Å². The number of nitrogen functional groups attached to an aromatic ring is 1. The van der Waals surface area contributed by atoms with Crippen molar-refractivity contribution in [3.63, 3.8) is 0 Å². The molecular formula is C13H12N4. The summed E-state index contributed by atoms with van der Waals surface area (Å²) in [5.41, 5.74) is 8.26. The number of pyridine rings is 1. The predicted octanol–water partition coefficient (Wildman–Crippen LogP) is 2.30. The van der Waals surface area contributed by atoms with Crippen molar-refractivity contribution in [2.75, 3.05) is 17.7 Å². The summed E-state index contributed by atoms with van der Waals surface area (Å²) in [6.45, 7) is 0. The van der Waals surface area contributed by atoms with Crippen LogP contribution in [0.3, 0.4) is 0 Å². The first-order valence-corrected chi connectivity index (χ1v) is 5.17. The average Bonchev–Trinajstić information content (AvgIpc) is 2.39. The van der Waals surface area contributed by atoms with Crippen LogP contribution in [0.1, 0.15) is 5.56 Å². The van der Waals surface area contributed by atoms with Gasteiger partial charge in [-0.3, -0.25) is 0 Å². The van der Waals surface area contributed by atoms with E-state index in [1.807, 2.05) is 36.2 Å². The Morgan fingerprint density at radius 1 is 1.24 bits per heavy atom. The molecule has 0 fully saturated rings. The van der Waals surface area contributed by atoms with E-state index in [1.54, 1.807) is 18.3 Å². The smallest absolute Gasteiger partial charge is 0.147 e. The maximum absolute atomic E-state index is 8.73. The fraction of sp³-hybridized carbons (Fsp3) is 0.0769. The second-order valence-corrected chi connectivity index (χ2v) is 3.63. The molecule has 1 heterocycles. The third-order valence-electron chi connectivity index (χ3n) is 2.56. The number of nitrogens with two attached hydrogens (primary N) is 1. The standard InChI is InChI=1S/C13H12N4/c1-17(12-3-2-8-16-13(12)15)11-6-4-10(9-14)5-7-11/h2-8H,1H3,(H2,15,16). The second-order valence-electron chi connectivity index (χ2n) is 3.63. The number of hydrogen-bond donors (Lipinski definition) is 1. The van der Waals surface area contributed by atoms with Crippen molar-refractivity contribution in [1.29, 1.82) is 5.26 Å². The average molecular weight is 224 g/mol. The van der Waals surface area contributed by atoms with Crippen molar-refractivity contribution in [2.24, 2.45) is 0 Å². The molecule has 17 heavy (non-hydrogen) atoms. The highest BCUT2D eigenvalue weighted by atomic mass is 15.1. The van der Waals surface area contributed by atoms with Crippen LogP contribution in [0.5, 0.6) is 0 Å². The molecule has 1 aromatic heterocycles. The predicted molar refractivity (Wildman–Crippen MR) is 67.9 cm³/mol. The third kappa shape index (κ3) is 2.18. The molecule has 0 atom stereocenters. The fourth-order valence-electron chi connectivity index (χ4n) is 1.59. The van der Waals surface area contributed by atoms with E-state index in [0.717, 1.165) is 11.4 Å². The maximum Gasteiger partial charge on any atom is 0.147 e. The van der Waals surface area contributed by atoms with Gasteiger partial charge in [0.05, 0.1) is 17.3 Å². The number of hydrogen-bond acceptors (Lipinski definition) is 4. The number of benzene rings is 1. The quantitative estimate of drug-likeness (QED) is 0.850. The Kier molecular flexibility index (Phi) is 2.93. The second kappa shape index (κ2) is 4.54. The zero-order valence-corrected chi connectivity index (χ0v) is 9.46. The summed E-state index contributed by atoms with van der Waals surface area (Å²) < 4.78 is 0. The van der Waals surface area contributed by atoms with Crippen molar-refractivity contribution >= 4 is 17.2 Å². The normalized spacial score (nSPS) is 9.65. The van der Waals surface area contributed by atoms with Crippen LogP contribution in [0.25, 0.3) is 0 Å². The summed E-state index contributed by atoms with van der Waals surface area (Å²) in [6.07, 6.45) is 1.66. The molecule has 2 rings (SSSR count). The Morgan fingerprint density at radius 2 is 1.94 bits per heavy atom. The molecule has 0 bridgehead atoms. The molecule has 0 saturated heterocycles. The van der Waals surface area contributed by atoms with Crippen LogP contribution in [-0.2, 0) is 0 Å². The lowest BCUT2D eigenvalue weighted by Crippen LogP contribution is -2.12. The van der Waals surface area contributed by atoms with Gasteiger partial charge in [0.25, 0.3) is 0 Å². The Labute approximate surface area is 99.9 Å². The van der Waals surface area contributed by atoms with Gasteiger partial charge in [-0.1, -0.05) is 0 Å². The maximum atomic E-state index is 8.73. The molecule has 0 unspecified atom stereocenters. The minimum atomic E-state index is 0.486. The molecule has 0 aliphatic heterocycles. The van der Waals surface area contributed by atoms with Crippen LogP contribution < -0.4 is 10.6 Å². The van der Waals surface area contributed by atoms with Gasteiger partial charge < -0.3 is 10.6 Å². The summed E-state index contributed by atoms with van der Waals surface area (Å²) >= 11 is 0. The molecule has 2 N–H and O–H groups in total. The summed E-state index contributed by atoms with van der Waals surface area (Å²) in [5, 5.41) is 8.73. The van der Waals surface area contributed by atoms with Crippen LogP contribution in [0, 0.1) is 11.3 Å². The molecule has 0 aliphatic carbocycles. The van der Waals surface area contributed by atoms with Gasteiger partial charge in [0, 0.05) is 18.9 Å². The molecule has 0 spiro atoms. The molecule has 2 aromatic rings. The van der Waals surface area contributed by atoms with E-state index < -0.39 is 0 Å². The molecule has 0 amide bonds. The molecule has 0 saturated carbocycles. The summed E-state index contributed by atoms with van der Waals surface area (Å²) in [7, 11) is 1.91. The van der Waals surface area contributed by atoms with Gasteiger partial charge in [0.15, 0.2) is 0 Å². The van der Waals surface area contributed by atoms with Crippen molar-refractivity contribution in [3.05, 3.63) is 48.2 Å². The summed E-state index contributed by atoms with van der Waals surface area (Å²) in [4.78, 5) is 5.98. The van der Waals surface area contributed by atoms with E-state index in [0.29, 0.717) is 11.4 Å². The van der Waals surface area contributed by atoms with E-state index in [4.69, 9.17) is 11.0 Å². The lowest BCUT2D eigenvalue weighted by molar-refractivity contribution is 1.18. The number of anilines is 3. The van der Waals surface area contributed by atoms with E-state index in [2.05, 4.69) is 11.1 Å². The first kappa shape index (κ1) is 11.0. The molecule has 0 radical (unpaired) electrons. The molecule has 0 aliphatic rings. The molecule has 4 heteroatoms. The highest BCUT2D eigenvalue weighted by Gasteiger charge is 2.07. The highest BCUT2D eigenvalue weighted by molar-refractivity contribution is 5.71. The Bertz CT molecular complexity index is 554. The van der Waals surface area contributed by atoms with Crippen LogP contribution >= 0.6 is 0 Å². The number of rotatable bonds is 2. The first-order chi connectivity index (χ1) is 8.22. The Balaban J connectivity index is 2.34. The Hall–Kier alpha value is -2.54. The van der Waals surface area contributed by atoms with Gasteiger partial charge in [0.1, 0.15) is 5.82 Å². The minimum Gasteiger partial charge on any atom is -0.382 e. The van der Waals surface area contributed by atoms with Crippen LogP contribution in [0.4, 0.5) is 17.2 Å². The number of nitrogens with zero attached hydrogens (tertiary/aromatic N) is 3. The number of aromatic nitrogens is 1. The van der Waals surface area contributed by atoms with Gasteiger partial charge in [-0.2, -0.15) is 5.26 Å². The highest BCUT2D eigenvalue weighted by Crippen LogP contribution is 2.26. The van der Waals surface area contributed by atoms with Crippen molar-refractivity contribution < 1.29 is 0 Å². The molecular weight excluding hydrogens is 212 g/mol. The first-order valence-electron chi connectivity index (χ1n) is 5.17. The lowest BCUT2D eigenvalue weighted by Gasteiger charge is -2.20.